The molecule has 150 valence electrons. The Labute approximate surface area is 169 Å². The Bertz CT molecular complexity index is 828. The number of pyridine rings is 1. The number of aromatic nitrogens is 1. The maximum Gasteiger partial charge on any atom is 0.339 e. The highest BCUT2D eigenvalue weighted by molar-refractivity contribution is 6.32. The van der Waals surface area contributed by atoms with Gasteiger partial charge in [0.1, 0.15) is 0 Å². The van der Waals surface area contributed by atoms with Crippen molar-refractivity contribution in [3.05, 3.63) is 47.2 Å². The Morgan fingerprint density at radius 1 is 1.18 bits per heavy atom. The second-order valence-electron chi connectivity index (χ2n) is 5.82. The number of carbonyl (C=O) groups is 2. The van der Waals surface area contributed by atoms with Crippen LogP contribution in [0.5, 0.6) is 11.5 Å². The molecular weight excluding hydrogens is 384 g/mol. The topological polar surface area (TPSA) is 86.8 Å². The minimum atomic E-state index is -1.03. The number of nitrogens with one attached hydrogen (secondary N) is 1. The molecule has 0 saturated carbocycles. The molecule has 8 heteroatoms. The second-order valence-corrected chi connectivity index (χ2v) is 6.18. The van der Waals surface area contributed by atoms with Crippen LogP contribution in [-0.2, 0) is 9.53 Å². The van der Waals surface area contributed by atoms with Crippen molar-refractivity contribution in [2.24, 2.45) is 0 Å². The monoisotopic (exact) mass is 406 g/mol. The number of esters is 1. The summed E-state index contributed by atoms with van der Waals surface area (Å²) in [6, 6.07) is 8.00. The minimum absolute atomic E-state index is 0.151. The molecular formula is C20H23ClN2O5. The van der Waals surface area contributed by atoms with Crippen molar-refractivity contribution < 1.29 is 23.8 Å². The van der Waals surface area contributed by atoms with Crippen LogP contribution in [0, 0.1) is 0 Å². The lowest BCUT2D eigenvalue weighted by atomic mass is 10.2. The van der Waals surface area contributed by atoms with Crippen molar-refractivity contribution in [1.29, 1.82) is 0 Å². The summed E-state index contributed by atoms with van der Waals surface area (Å²) in [4.78, 5) is 28.6. The van der Waals surface area contributed by atoms with Crippen molar-refractivity contribution in [3.63, 3.8) is 0 Å². The molecule has 1 amide bonds. The molecule has 2 rings (SSSR count). The van der Waals surface area contributed by atoms with Gasteiger partial charge in [0.25, 0.3) is 5.91 Å². The van der Waals surface area contributed by atoms with E-state index in [1.165, 1.54) is 13.1 Å². The van der Waals surface area contributed by atoms with Crippen molar-refractivity contribution in [2.75, 3.05) is 18.5 Å². The fourth-order valence-electron chi connectivity index (χ4n) is 2.23. The van der Waals surface area contributed by atoms with Gasteiger partial charge >= 0.3 is 5.97 Å². The smallest absolute Gasteiger partial charge is 0.339 e. The maximum absolute atomic E-state index is 12.4. The summed E-state index contributed by atoms with van der Waals surface area (Å²) in [6.45, 7) is 6.27. The first-order valence-electron chi connectivity index (χ1n) is 8.98. The SMILES string of the molecule is CCCOc1ccc(C(=O)O[C@H](C)C(=O)Nc2cccnc2Cl)cc1OCC. The molecule has 1 heterocycles. The number of benzene rings is 1. The number of amides is 1. The van der Waals surface area contributed by atoms with E-state index in [9.17, 15) is 9.59 Å². The highest BCUT2D eigenvalue weighted by Gasteiger charge is 2.21. The van der Waals surface area contributed by atoms with E-state index in [4.69, 9.17) is 25.8 Å². The van der Waals surface area contributed by atoms with Crippen LogP contribution in [0.4, 0.5) is 5.69 Å². The van der Waals surface area contributed by atoms with E-state index >= 15 is 0 Å². The van der Waals surface area contributed by atoms with Crippen LogP contribution in [0.25, 0.3) is 0 Å². The molecule has 0 radical (unpaired) electrons. The van der Waals surface area contributed by atoms with Crippen LogP contribution in [0.3, 0.4) is 0 Å². The standard InChI is InChI=1S/C20H23ClN2O5/c1-4-11-27-16-9-8-14(12-17(16)26-5-2)20(25)28-13(3)19(24)23-15-7-6-10-22-18(15)21/h6-10,12-13H,4-5,11H2,1-3H3,(H,23,24)/t13-/m1/s1. The predicted octanol–water partition coefficient (Wildman–Crippen LogP) is 4.11. The Morgan fingerprint density at radius 2 is 1.96 bits per heavy atom. The molecule has 1 aromatic carbocycles. The Morgan fingerprint density at radius 3 is 2.64 bits per heavy atom. The predicted molar refractivity (Wildman–Crippen MR) is 106 cm³/mol. The van der Waals surface area contributed by atoms with E-state index in [2.05, 4.69) is 10.3 Å². The van der Waals surface area contributed by atoms with E-state index in [1.54, 1.807) is 30.3 Å². The van der Waals surface area contributed by atoms with Gasteiger partial charge in [0, 0.05) is 6.20 Å². The van der Waals surface area contributed by atoms with Crippen molar-refractivity contribution in [2.45, 2.75) is 33.3 Å². The van der Waals surface area contributed by atoms with E-state index in [0.29, 0.717) is 30.4 Å². The zero-order valence-corrected chi connectivity index (χ0v) is 16.8. The average molecular weight is 407 g/mol. The molecule has 0 bridgehead atoms. The molecule has 28 heavy (non-hydrogen) atoms. The summed E-state index contributed by atoms with van der Waals surface area (Å²) in [5, 5.41) is 2.73. The Kier molecular flexibility index (Phi) is 8.07. The van der Waals surface area contributed by atoms with Gasteiger partial charge in [0.05, 0.1) is 24.5 Å². The third-order valence-electron chi connectivity index (χ3n) is 3.61. The molecule has 0 spiro atoms. The zero-order valence-electron chi connectivity index (χ0n) is 16.0. The van der Waals surface area contributed by atoms with Crippen LogP contribution in [0.15, 0.2) is 36.5 Å². The van der Waals surface area contributed by atoms with Gasteiger partial charge in [-0.3, -0.25) is 4.79 Å². The Balaban J connectivity index is 2.05. The van der Waals surface area contributed by atoms with Crippen LogP contribution in [-0.4, -0.2) is 36.2 Å². The van der Waals surface area contributed by atoms with Crippen LogP contribution in [0.2, 0.25) is 5.15 Å². The zero-order chi connectivity index (χ0) is 20.5. The number of halogens is 1. The van der Waals surface area contributed by atoms with Crippen molar-refractivity contribution >= 4 is 29.2 Å². The third-order valence-corrected chi connectivity index (χ3v) is 3.91. The lowest BCUT2D eigenvalue weighted by Gasteiger charge is -2.15. The second kappa shape index (κ2) is 10.5. The van der Waals surface area contributed by atoms with Crippen molar-refractivity contribution in [1.82, 2.24) is 4.98 Å². The van der Waals surface area contributed by atoms with Gasteiger partial charge in [-0.2, -0.15) is 0 Å². The third kappa shape index (κ3) is 5.85. The highest BCUT2D eigenvalue weighted by atomic mass is 35.5. The first-order chi connectivity index (χ1) is 13.5. The molecule has 7 nitrogen and oxygen atoms in total. The van der Waals surface area contributed by atoms with E-state index in [1.807, 2.05) is 13.8 Å². The number of nitrogens with zero attached hydrogens (tertiary/aromatic N) is 1. The number of ether oxygens (including phenoxy) is 3. The van der Waals surface area contributed by atoms with Gasteiger partial charge in [-0.25, -0.2) is 9.78 Å². The van der Waals surface area contributed by atoms with Crippen molar-refractivity contribution in [3.8, 4) is 11.5 Å². The van der Waals surface area contributed by atoms with Gasteiger partial charge in [-0.1, -0.05) is 18.5 Å². The average Bonchev–Trinajstić information content (AvgIpc) is 2.68. The maximum atomic E-state index is 12.4. The lowest BCUT2D eigenvalue weighted by Crippen LogP contribution is -2.30. The molecule has 0 aliphatic heterocycles. The fraction of sp³-hybridized carbons (Fsp3) is 0.350. The van der Waals surface area contributed by atoms with Gasteiger partial charge in [-0.15, -0.1) is 0 Å². The normalized spacial score (nSPS) is 11.4. The summed E-state index contributed by atoms with van der Waals surface area (Å²) in [6.07, 6.45) is 1.32. The number of hydrogen-bond donors (Lipinski definition) is 1. The lowest BCUT2D eigenvalue weighted by molar-refractivity contribution is -0.123. The molecule has 0 unspecified atom stereocenters. The molecule has 0 fully saturated rings. The quantitative estimate of drug-likeness (QED) is 0.498. The van der Waals surface area contributed by atoms with Gasteiger partial charge in [-0.05, 0) is 50.6 Å². The number of carbonyl (C=O) groups excluding carboxylic acids is 2. The molecule has 0 aliphatic rings. The van der Waals surface area contributed by atoms with Crippen LogP contribution < -0.4 is 14.8 Å². The number of anilines is 1. The number of rotatable bonds is 9. The summed E-state index contributed by atoms with van der Waals surface area (Å²) < 4.78 is 16.4. The molecule has 2 aromatic rings. The van der Waals surface area contributed by atoms with Gasteiger partial charge in [0.15, 0.2) is 22.8 Å². The van der Waals surface area contributed by atoms with E-state index in [0.717, 1.165) is 6.42 Å². The molecule has 0 saturated heterocycles. The molecule has 0 aliphatic carbocycles. The summed E-state index contributed by atoms with van der Waals surface area (Å²) in [5.74, 6) is -0.166. The highest BCUT2D eigenvalue weighted by Crippen LogP contribution is 2.29. The van der Waals surface area contributed by atoms with E-state index in [-0.39, 0.29) is 10.7 Å². The molecule has 1 N–H and O–H groups in total. The molecule has 1 atom stereocenters. The summed E-state index contributed by atoms with van der Waals surface area (Å²) >= 11 is 5.91. The summed E-state index contributed by atoms with van der Waals surface area (Å²) in [7, 11) is 0. The van der Waals surface area contributed by atoms with E-state index < -0.39 is 18.0 Å². The van der Waals surface area contributed by atoms with Gasteiger partial charge < -0.3 is 19.5 Å². The largest absolute Gasteiger partial charge is 0.490 e. The first kappa shape index (κ1) is 21.5. The van der Waals surface area contributed by atoms with Crippen LogP contribution >= 0.6 is 11.6 Å². The Hall–Kier alpha value is -2.80. The van der Waals surface area contributed by atoms with Crippen LogP contribution in [0.1, 0.15) is 37.6 Å². The molecule has 1 aromatic heterocycles. The van der Waals surface area contributed by atoms with Gasteiger partial charge in [0.2, 0.25) is 0 Å². The first-order valence-corrected chi connectivity index (χ1v) is 9.36. The minimum Gasteiger partial charge on any atom is -0.490 e. The fourth-order valence-corrected chi connectivity index (χ4v) is 2.40. The number of hydrogen-bond acceptors (Lipinski definition) is 6. The summed E-state index contributed by atoms with van der Waals surface area (Å²) in [5.41, 5.74) is 0.597.